The summed E-state index contributed by atoms with van der Waals surface area (Å²) < 4.78 is 10.4. The normalized spacial score (nSPS) is 11.9. The highest BCUT2D eigenvalue weighted by atomic mass is 16.5. The zero-order valence-corrected chi connectivity index (χ0v) is 11.4. The molecule has 0 saturated carbocycles. The monoisotopic (exact) mass is 250 g/mol. The van der Waals surface area contributed by atoms with Gasteiger partial charge < -0.3 is 9.47 Å². The SMILES string of the molecule is CCCCOc1ccc(C(CC)C(=O)OC)cc1. The molecule has 0 amide bonds. The molecule has 18 heavy (non-hydrogen) atoms. The third-order valence-electron chi connectivity index (χ3n) is 2.94. The molecule has 1 atom stereocenters. The summed E-state index contributed by atoms with van der Waals surface area (Å²) >= 11 is 0. The van der Waals surface area contributed by atoms with E-state index in [9.17, 15) is 4.79 Å². The Morgan fingerprint density at radius 2 is 1.89 bits per heavy atom. The fourth-order valence-corrected chi connectivity index (χ4v) is 1.81. The number of ether oxygens (including phenoxy) is 2. The van der Waals surface area contributed by atoms with Crippen LogP contribution in [0, 0.1) is 0 Å². The van der Waals surface area contributed by atoms with Gasteiger partial charge in [-0.25, -0.2) is 0 Å². The number of carbonyl (C=O) groups is 1. The zero-order chi connectivity index (χ0) is 13.4. The molecule has 1 aromatic carbocycles. The first-order chi connectivity index (χ1) is 8.72. The summed E-state index contributed by atoms with van der Waals surface area (Å²) in [6.07, 6.45) is 2.92. The molecular formula is C15H22O3. The molecule has 0 heterocycles. The minimum absolute atomic E-state index is 0.181. The Kier molecular flexibility index (Phi) is 6.26. The van der Waals surface area contributed by atoms with Crippen molar-refractivity contribution in [2.75, 3.05) is 13.7 Å². The van der Waals surface area contributed by atoms with Crippen molar-refractivity contribution in [3.63, 3.8) is 0 Å². The van der Waals surface area contributed by atoms with Crippen molar-refractivity contribution >= 4 is 5.97 Å². The number of unbranched alkanes of at least 4 members (excludes halogenated alkanes) is 1. The highest BCUT2D eigenvalue weighted by molar-refractivity contribution is 5.78. The van der Waals surface area contributed by atoms with Gasteiger partial charge in [-0.05, 0) is 30.5 Å². The summed E-state index contributed by atoms with van der Waals surface area (Å²) in [6.45, 7) is 4.85. The van der Waals surface area contributed by atoms with Crippen LogP contribution in [-0.2, 0) is 9.53 Å². The van der Waals surface area contributed by atoms with Crippen molar-refractivity contribution in [3.8, 4) is 5.75 Å². The Balaban J connectivity index is 2.65. The summed E-state index contributed by atoms with van der Waals surface area (Å²) in [7, 11) is 1.42. The molecule has 1 rings (SSSR count). The summed E-state index contributed by atoms with van der Waals surface area (Å²) in [5.41, 5.74) is 0.979. The topological polar surface area (TPSA) is 35.5 Å². The maximum absolute atomic E-state index is 11.6. The summed E-state index contributed by atoms with van der Waals surface area (Å²) in [5, 5.41) is 0. The molecule has 3 heteroatoms. The number of esters is 1. The fourth-order valence-electron chi connectivity index (χ4n) is 1.81. The lowest BCUT2D eigenvalue weighted by Gasteiger charge is -2.13. The Morgan fingerprint density at radius 1 is 1.22 bits per heavy atom. The Labute approximate surface area is 109 Å². The lowest BCUT2D eigenvalue weighted by atomic mass is 9.97. The molecule has 1 aromatic rings. The van der Waals surface area contributed by atoms with Gasteiger partial charge in [0.15, 0.2) is 0 Å². The average molecular weight is 250 g/mol. The van der Waals surface area contributed by atoms with Crippen LogP contribution in [0.1, 0.15) is 44.6 Å². The van der Waals surface area contributed by atoms with E-state index in [2.05, 4.69) is 6.92 Å². The van der Waals surface area contributed by atoms with E-state index in [4.69, 9.17) is 9.47 Å². The van der Waals surface area contributed by atoms with E-state index < -0.39 is 0 Å². The van der Waals surface area contributed by atoms with Crippen LogP contribution in [0.3, 0.4) is 0 Å². The number of hydrogen-bond acceptors (Lipinski definition) is 3. The van der Waals surface area contributed by atoms with E-state index in [1.54, 1.807) is 0 Å². The van der Waals surface area contributed by atoms with Gasteiger partial charge in [-0.3, -0.25) is 4.79 Å². The number of rotatable bonds is 7. The minimum atomic E-state index is -0.183. The molecule has 1 unspecified atom stereocenters. The first-order valence-electron chi connectivity index (χ1n) is 6.53. The van der Waals surface area contributed by atoms with Crippen LogP contribution in [0.2, 0.25) is 0 Å². The van der Waals surface area contributed by atoms with Crippen molar-refractivity contribution in [2.45, 2.75) is 39.0 Å². The smallest absolute Gasteiger partial charge is 0.313 e. The Morgan fingerprint density at radius 3 is 2.39 bits per heavy atom. The lowest BCUT2D eigenvalue weighted by Crippen LogP contribution is -2.13. The van der Waals surface area contributed by atoms with E-state index >= 15 is 0 Å². The lowest BCUT2D eigenvalue weighted by molar-refractivity contribution is -0.142. The van der Waals surface area contributed by atoms with Crippen LogP contribution in [0.5, 0.6) is 5.75 Å². The maximum Gasteiger partial charge on any atom is 0.313 e. The van der Waals surface area contributed by atoms with E-state index in [-0.39, 0.29) is 11.9 Å². The Bertz CT molecular complexity index is 357. The van der Waals surface area contributed by atoms with Crippen molar-refractivity contribution in [1.82, 2.24) is 0 Å². The van der Waals surface area contributed by atoms with Crippen LogP contribution in [0.15, 0.2) is 24.3 Å². The van der Waals surface area contributed by atoms with Gasteiger partial charge in [0.05, 0.1) is 19.6 Å². The predicted molar refractivity (Wildman–Crippen MR) is 71.9 cm³/mol. The molecule has 0 N–H and O–H groups in total. The largest absolute Gasteiger partial charge is 0.494 e. The van der Waals surface area contributed by atoms with E-state index in [0.717, 1.165) is 37.2 Å². The quantitative estimate of drug-likeness (QED) is 0.548. The predicted octanol–water partition coefficient (Wildman–Crippen LogP) is 3.53. The summed E-state index contributed by atoms with van der Waals surface area (Å²) in [6, 6.07) is 7.70. The second-order valence-corrected chi connectivity index (χ2v) is 4.26. The summed E-state index contributed by atoms with van der Waals surface area (Å²) in [5.74, 6) is 0.490. The van der Waals surface area contributed by atoms with E-state index in [0.29, 0.717) is 0 Å². The van der Waals surface area contributed by atoms with Crippen molar-refractivity contribution in [2.24, 2.45) is 0 Å². The second kappa shape index (κ2) is 7.75. The summed E-state index contributed by atoms with van der Waals surface area (Å²) in [4.78, 5) is 11.6. The van der Waals surface area contributed by atoms with Crippen molar-refractivity contribution < 1.29 is 14.3 Å². The van der Waals surface area contributed by atoms with Gasteiger partial charge in [-0.15, -0.1) is 0 Å². The molecule has 0 aliphatic carbocycles. The standard InChI is InChI=1S/C15H22O3/c1-4-6-11-18-13-9-7-12(8-10-13)14(5-2)15(16)17-3/h7-10,14H,4-6,11H2,1-3H3. The molecule has 0 aromatic heterocycles. The van der Waals surface area contributed by atoms with Crippen molar-refractivity contribution in [1.29, 1.82) is 0 Å². The highest BCUT2D eigenvalue weighted by Crippen LogP contribution is 2.23. The molecule has 100 valence electrons. The maximum atomic E-state index is 11.6. The van der Waals surface area contributed by atoms with Crippen LogP contribution in [0.4, 0.5) is 0 Å². The molecule has 0 aliphatic rings. The van der Waals surface area contributed by atoms with Crippen LogP contribution >= 0.6 is 0 Å². The molecule has 0 fully saturated rings. The van der Waals surface area contributed by atoms with E-state index in [1.165, 1.54) is 7.11 Å². The second-order valence-electron chi connectivity index (χ2n) is 4.26. The van der Waals surface area contributed by atoms with Gasteiger partial charge in [0.1, 0.15) is 5.75 Å². The fraction of sp³-hybridized carbons (Fsp3) is 0.533. The van der Waals surface area contributed by atoms with Gasteiger partial charge >= 0.3 is 5.97 Å². The number of hydrogen-bond donors (Lipinski definition) is 0. The van der Waals surface area contributed by atoms with Gasteiger partial charge in [-0.2, -0.15) is 0 Å². The number of methoxy groups -OCH3 is 1. The molecule has 0 aliphatic heterocycles. The Hall–Kier alpha value is -1.51. The third kappa shape index (κ3) is 4.06. The van der Waals surface area contributed by atoms with Crippen LogP contribution < -0.4 is 4.74 Å². The number of carbonyl (C=O) groups excluding carboxylic acids is 1. The van der Waals surface area contributed by atoms with Crippen molar-refractivity contribution in [3.05, 3.63) is 29.8 Å². The molecule has 3 nitrogen and oxygen atoms in total. The molecule has 0 spiro atoms. The van der Waals surface area contributed by atoms with Crippen LogP contribution in [-0.4, -0.2) is 19.7 Å². The first kappa shape index (κ1) is 14.6. The first-order valence-corrected chi connectivity index (χ1v) is 6.53. The van der Waals surface area contributed by atoms with Gasteiger partial charge in [0.25, 0.3) is 0 Å². The van der Waals surface area contributed by atoms with Gasteiger partial charge in [0, 0.05) is 0 Å². The van der Waals surface area contributed by atoms with Gasteiger partial charge in [-0.1, -0.05) is 32.4 Å². The molecule has 0 radical (unpaired) electrons. The van der Waals surface area contributed by atoms with Crippen LogP contribution in [0.25, 0.3) is 0 Å². The molecular weight excluding hydrogens is 228 g/mol. The number of benzene rings is 1. The third-order valence-corrected chi connectivity index (χ3v) is 2.94. The van der Waals surface area contributed by atoms with Gasteiger partial charge in [0.2, 0.25) is 0 Å². The molecule has 0 bridgehead atoms. The van der Waals surface area contributed by atoms with E-state index in [1.807, 2.05) is 31.2 Å². The minimum Gasteiger partial charge on any atom is -0.494 e. The molecule has 0 saturated heterocycles. The average Bonchev–Trinajstić information content (AvgIpc) is 2.41. The zero-order valence-electron chi connectivity index (χ0n) is 11.4. The highest BCUT2D eigenvalue weighted by Gasteiger charge is 2.18.